The van der Waals surface area contributed by atoms with E-state index in [0.29, 0.717) is 21.6 Å². The van der Waals surface area contributed by atoms with Crippen LogP contribution in [-0.2, 0) is 0 Å². The highest BCUT2D eigenvalue weighted by Gasteiger charge is 2.22. The molecule has 0 spiro atoms. The van der Waals surface area contributed by atoms with Gasteiger partial charge in [-0.2, -0.15) is 0 Å². The van der Waals surface area contributed by atoms with Crippen molar-refractivity contribution in [1.29, 1.82) is 0 Å². The fourth-order valence-electron chi connectivity index (χ4n) is 2.22. The molecule has 4 nitrogen and oxygen atoms in total. The van der Waals surface area contributed by atoms with Gasteiger partial charge in [0.25, 0.3) is 0 Å². The second-order valence-electron chi connectivity index (χ2n) is 4.82. The Morgan fingerprint density at radius 1 is 1.39 bits per heavy atom. The van der Waals surface area contributed by atoms with Crippen molar-refractivity contribution < 1.29 is 13.5 Å². The van der Waals surface area contributed by atoms with Crippen molar-refractivity contribution in [1.82, 2.24) is 4.98 Å². The smallest absolute Gasteiger partial charge is 0.205 e. The third kappa shape index (κ3) is 2.86. The average Bonchev–Trinajstić information content (AvgIpc) is 2.88. The van der Waals surface area contributed by atoms with Crippen LogP contribution in [-0.4, -0.2) is 4.98 Å². The van der Waals surface area contributed by atoms with E-state index in [1.807, 2.05) is 0 Å². The Kier molecular flexibility index (Phi) is 4.40. The number of fused-ring (bicyclic) bond motifs is 1. The van der Waals surface area contributed by atoms with Gasteiger partial charge in [0.2, 0.25) is 5.75 Å². The van der Waals surface area contributed by atoms with E-state index in [2.05, 4.69) is 20.9 Å². The zero-order valence-electron chi connectivity index (χ0n) is 11.7. The van der Waals surface area contributed by atoms with Gasteiger partial charge in [0.1, 0.15) is 18.2 Å². The lowest BCUT2D eigenvalue weighted by Crippen LogP contribution is -2.08. The van der Waals surface area contributed by atoms with Gasteiger partial charge in [0.15, 0.2) is 11.4 Å². The first-order valence-electron chi connectivity index (χ1n) is 6.51. The summed E-state index contributed by atoms with van der Waals surface area (Å²) in [6.07, 6.45) is 2.41. The number of nitrogen functional groups attached to an aromatic ring is 1. The van der Waals surface area contributed by atoms with Crippen LogP contribution in [0.5, 0.6) is 5.75 Å². The molecule has 0 aliphatic rings. The van der Waals surface area contributed by atoms with Gasteiger partial charge in [-0.3, -0.25) is 0 Å². The van der Waals surface area contributed by atoms with Gasteiger partial charge >= 0.3 is 0 Å². The summed E-state index contributed by atoms with van der Waals surface area (Å²) in [6, 6.07) is 2.62. The van der Waals surface area contributed by atoms with Crippen LogP contribution in [0.1, 0.15) is 18.6 Å². The molecule has 2 aromatic heterocycles. The molecule has 0 aliphatic heterocycles. The lowest BCUT2D eigenvalue weighted by Gasteiger charge is -2.18. The van der Waals surface area contributed by atoms with Crippen molar-refractivity contribution in [3.8, 4) is 5.75 Å². The minimum atomic E-state index is -0.663. The van der Waals surface area contributed by atoms with Gasteiger partial charge in [-0.15, -0.1) is 0 Å². The number of benzene rings is 1. The molecule has 3 aromatic rings. The highest BCUT2D eigenvalue weighted by Crippen LogP contribution is 2.40. The van der Waals surface area contributed by atoms with Gasteiger partial charge < -0.3 is 14.9 Å². The predicted octanol–water partition coefficient (Wildman–Crippen LogP) is 5.76. The van der Waals surface area contributed by atoms with Crippen LogP contribution in [0.4, 0.5) is 10.2 Å². The molecule has 1 aromatic carbocycles. The summed E-state index contributed by atoms with van der Waals surface area (Å²) in [7, 11) is 0. The Morgan fingerprint density at radius 2 is 2.13 bits per heavy atom. The maximum Gasteiger partial charge on any atom is 0.205 e. The molecule has 3 rings (SSSR count). The monoisotopic (exact) mass is 418 g/mol. The molecular formula is C15H10BrCl2FN2O2. The molecule has 0 radical (unpaired) electrons. The molecule has 0 fully saturated rings. The summed E-state index contributed by atoms with van der Waals surface area (Å²) in [5, 5.41) is 0.908. The molecule has 0 amide bonds. The van der Waals surface area contributed by atoms with E-state index in [0.717, 1.165) is 4.47 Å². The number of aromatic nitrogens is 1. The van der Waals surface area contributed by atoms with Gasteiger partial charge in [-0.25, -0.2) is 9.37 Å². The van der Waals surface area contributed by atoms with Crippen LogP contribution in [0.15, 0.2) is 33.5 Å². The molecular weight excluding hydrogens is 410 g/mol. The molecule has 0 saturated heterocycles. The number of hydrogen-bond donors (Lipinski definition) is 1. The third-order valence-corrected chi connectivity index (χ3v) is 4.66. The Hall–Kier alpha value is -1.50. The Bertz CT molecular complexity index is 901. The highest BCUT2D eigenvalue weighted by atomic mass is 79.9. The van der Waals surface area contributed by atoms with Crippen LogP contribution >= 0.6 is 39.1 Å². The van der Waals surface area contributed by atoms with Crippen LogP contribution < -0.4 is 10.5 Å². The number of pyridine rings is 1. The first-order chi connectivity index (χ1) is 10.9. The molecule has 2 N–H and O–H groups in total. The topological polar surface area (TPSA) is 61.3 Å². The third-order valence-electron chi connectivity index (χ3n) is 3.33. The first kappa shape index (κ1) is 16.4. The van der Waals surface area contributed by atoms with Crippen molar-refractivity contribution in [2.45, 2.75) is 13.0 Å². The number of rotatable bonds is 3. The number of halogens is 4. The second-order valence-corrected chi connectivity index (χ2v) is 6.46. The summed E-state index contributed by atoms with van der Waals surface area (Å²) >= 11 is 15.5. The van der Waals surface area contributed by atoms with Crippen molar-refractivity contribution in [2.24, 2.45) is 0 Å². The van der Waals surface area contributed by atoms with Crippen molar-refractivity contribution in [3.05, 3.63) is 50.5 Å². The number of ether oxygens (including phenoxy) is 1. The summed E-state index contributed by atoms with van der Waals surface area (Å²) in [5.74, 6) is -0.182. The normalized spacial score (nSPS) is 12.6. The van der Waals surface area contributed by atoms with Crippen LogP contribution in [0.2, 0.25) is 10.0 Å². The lowest BCUT2D eigenvalue weighted by molar-refractivity contribution is 0.227. The van der Waals surface area contributed by atoms with Gasteiger partial charge in [0, 0.05) is 16.8 Å². The maximum absolute atomic E-state index is 13.7. The highest BCUT2D eigenvalue weighted by molar-refractivity contribution is 9.10. The fourth-order valence-corrected chi connectivity index (χ4v) is 3.27. The SMILES string of the molecule is CC(Oc1c(N)ncc2c(Br)coc12)c1c(Cl)ccc(F)c1Cl. The number of furan rings is 1. The molecule has 1 unspecified atom stereocenters. The van der Waals surface area contributed by atoms with E-state index in [9.17, 15) is 4.39 Å². The largest absolute Gasteiger partial charge is 0.478 e. The van der Waals surface area contributed by atoms with Crippen LogP contribution in [0.25, 0.3) is 11.0 Å². The van der Waals surface area contributed by atoms with E-state index in [-0.39, 0.29) is 16.6 Å². The Morgan fingerprint density at radius 3 is 2.87 bits per heavy atom. The van der Waals surface area contributed by atoms with Gasteiger partial charge in [-0.1, -0.05) is 23.2 Å². The Balaban J connectivity index is 2.06. The standard InChI is InChI=1S/C15H10BrCl2FN2O2/c1-6(11-9(17)2-3-10(19)12(11)18)23-14-13-7(4-21-15(14)20)8(16)5-22-13/h2-6H,1H3,(H2,20,21). The fraction of sp³-hybridized carbons (Fsp3) is 0.133. The van der Waals surface area contributed by atoms with Crippen LogP contribution in [0, 0.1) is 5.82 Å². The molecule has 0 aliphatic carbocycles. The Labute approximate surface area is 149 Å². The molecule has 120 valence electrons. The molecule has 8 heteroatoms. The number of hydrogen-bond acceptors (Lipinski definition) is 4. The molecule has 0 saturated carbocycles. The summed E-state index contributed by atoms with van der Waals surface area (Å²) < 4.78 is 25.7. The lowest BCUT2D eigenvalue weighted by atomic mass is 10.1. The molecule has 0 bridgehead atoms. The zero-order valence-corrected chi connectivity index (χ0v) is 14.8. The van der Waals surface area contributed by atoms with E-state index >= 15 is 0 Å². The maximum atomic E-state index is 13.7. The minimum Gasteiger partial charge on any atom is -0.478 e. The quantitative estimate of drug-likeness (QED) is 0.548. The average molecular weight is 420 g/mol. The van der Waals surface area contributed by atoms with Crippen molar-refractivity contribution >= 4 is 55.9 Å². The van der Waals surface area contributed by atoms with E-state index in [1.54, 1.807) is 13.1 Å². The van der Waals surface area contributed by atoms with Crippen LogP contribution in [0.3, 0.4) is 0 Å². The summed E-state index contributed by atoms with van der Waals surface area (Å²) in [5.41, 5.74) is 6.64. The number of anilines is 1. The van der Waals surface area contributed by atoms with Gasteiger partial charge in [-0.05, 0) is 35.0 Å². The molecule has 1 atom stereocenters. The molecule has 23 heavy (non-hydrogen) atoms. The zero-order chi connectivity index (χ0) is 16.7. The first-order valence-corrected chi connectivity index (χ1v) is 8.06. The van der Waals surface area contributed by atoms with E-state index < -0.39 is 11.9 Å². The molecule has 2 heterocycles. The minimum absolute atomic E-state index is 0.0932. The van der Waals surface area contributed by atoms with Crippen molar-refractivity contribution in [3.63, 3.8) is 0 Å². The van der Waals surface area contributed by atoms with E-state index in [1.165, 1.54) is 18.4 Å². The second kappa shape index (κ2) is 6.19. The van der Waals surface area contributed by atoms with Crippen molar-refractivity contribution in [2.75, 3.05) is 5.73 Å². The van der Waals surface area contributed by atoms with Gasteiger partial charge in [0.05, 0.1) is 14.9 Å². The number of nitrogens with two attached hydrogens (primary N) is 1. The summed E-state index contributed by atoms with van der Waals surface area (Å²) in [4.78, 5) is 4.07. The van der Waals surface area contributed by atoms with E-state index in [4.69, 9.17) is 38.1 Å². The number of nitrogens with zero attached hydrogens (tertiary/aromatic N) is 1. The summed E-state index contributed by atoms with van der Waals surface area (Å²) in [6.45, 7) is 1.68. The predicted molar refractivity (Wildman–Crippen MR) is 91.6 cm³/mol.